The lowest BCUT2D eigenvalue weighted by Crippen LogP contribution is -2.14. The molecule has 0 fully saturated rings. The third-order valence-corrected chi connectivity index (χ3v) is 3.32. The highest BCUT2D eigenvalue weighted by Gasteiger charge is 2.17. The van der Waals surface area contributed by atoms with Gasteiger partial charge in [0.15, 0.2) is 5.78 Å². The van der Waals surface area contributed by atoms with Crippen LogP contribution in [0.25, 0.3) is 0 Å². The first-order chi connectivity index (χ1) is 7.56. The van der Waals surface area contributed by atoms with E-state index < -0.39 is 0 Å². The average molecular weight is 306 g/mol. The first kappa shape index (κ1) is 13.7. The lowest BCUT2D eigenvalue weighted by Gasteiger charge is -2.11. The number of Topliss-reactive ketones (excluding diaryl/α,β-unsaturated/α-hetero) is 1. The lowest BCUT2D eigenvalue weighted by atomic mass is 9.97. The molecule has 0 spiro atoms. The van der Waals surface area contributed by atoms with Crippen LogP contribution in [0.2, 0.25) is 5.02 Å². The minimum atomic E-state index is -0.0604. The third kappa shape index (κ3) is 3.58. The van der Waals surface area contributed by atoms with Gasteiger partial charge in [0.05, 0.1) is 0 Å². The van der Waals surface area contributed by atoms with E-state index in [1.54, 1.807) is 25.3 Å². The maximum atomic E-state index is 12.1. The van der Waals surface area contributed by atoms with Crippen molar-refractivity contribution in [2.24, 2.45) is 5.92 Å². The van der Waals surface area contributed by atoms with Gasteiger partial charge in [0, 0.05) is 34.7 Å². The minimum absolute atomic E-state index is 0.0604. The summed E-state index contributed by atoms with van der Waals surface area (Å²) in [6, 6.07) is 5.23. The van der Waals surface area contributed by atoms with Crippen molar-refractivity contribution in [2.45, 2.75) is 13.3 Å². The van der Waals surface area contributed by atoms with Gasteiger partial charge >= 0.3 is 0 Å². The molecule has 0 radical (unpaired) electrons. The van der Waals surface area contributed by atoms with Crippen LogP contribution in [0.3, 0.4) is 0 Å². The van der Waals surface area contributed by atoms with Gasteiger partial charge in [0.25, 0.3) is 0 Å². The fourth-order valence-corrected chi connectivity index (χ4v) is 1.99. The molecule has 0 aliphatic rings. The summed E-state index contributed by atoms with van der Waals surface area (Å²) in [5.41, 5.74) is 0.635. The van der Waals surface area contributed by atoms with Crippen LogP contribution in [0.15, 0.2) is 22.7 Å². The SMILES string of the molecule is COCCC(C)C(=O)c1cc(Cl)ccc1Br. The maximum absolute atomic E-state index is 12.1. The van der Waals surface area contributed by atoms with Gasteiger partial charge in [-0.05, 0) is 24.6 Å². The molecule has 0 saturated carbocycles. The molecule has 0 N–H and O–H groups in total. The Kier molecular flexibility index (Phi) is 5.46. The molecule has 0 heterocycles. The number of hydrogen-bond acceptors (Lipinski definition) is 2. The zero-order valence-electron chi connectivity index (χ0n) is 9.30. The molecule has 1 atom stereocenters. The summed E-state index contributed by atoms with van der Waals surface area (Å²) in [6.45, 7) is 2.49. The third-order valence-electron chi connectivity index (χ3n) is 2.40. The zero-order chi connectivity index (χ0) is 12.1. The molecule has 16 heavy (non-hydrogen) atoms. The fourth-order valence-electron chi connectivity index (χ4n) is 1.38. The molecule has 0 bridgehead atoms. The number of carbonyl (C=O) groups excluding carboxylic acids is 1. The number of ketones is 1. The first-order valence-electron chi connectivity index (χ1n) is 5.04. The van der Waals surface area contributed by atoms with Crippen molar-refractivity contribution in [3.63, 3.8) is 0 Å². The fraction of sp³-hybridized carbons (Fsp3) is 0.417. The molecular weight excluding hydrogens is 291 g/mol. The van der Waals surface area contributed by atoms with Gasteiger partial charge in [-0.25, -0.2) is 0 Å². The predicted molar refractivity (Wildman–Crippen MR) is 69.1 cm³/mol. The highest BCUT2D eigenvalue weighted by Crippen LogP contribution is 2.24. The standard InChI is InChI=1S/C12H14BrClO2/c1-8(5-6-16-2)12(15)10-7-9(14)3-4-11(10)13/h3-4,7-8H,5-6H2,1-2H3. The molecule has 0 aromatic heterocycles. The van der Waals surface area contributed by atoms with Crippen molar-refractivity contribution in [2.75, 3.05) is 13.7 Å². The molecule has 1 rings (SSSR count). The van der Waals surface area contributed by atoms with Crippen LogP contribution < -0.4 is 0 Å². The van der Waals surface area contributed by atoms with Gasteiger partial charge < -0.3 is 4.74 Å². The Hall–Kier alpha value is -0.380. The van der Waals surface area contributed by atoms with Gasteiger partial charge in [0.1, 0.15) is 0 Å². The molecule has 0 aliphatic carbocycles. The van der Waals surface area contributed by atoms with Crippen molar-refractivity contribution in [1.29, 1.82) is 0 Å². The van der Waals surface area contributed by atoms with Crippen molar-refractivity contribution in [3.05, 3.63) is 33.3 Å². The van der Waals surface area contributed by atoms with E-state index in [9.17, 15) is 4.79 Å². The summed E-state index contributed by atoms with van der Waals surface area (Å²) in [4.78, 5) is 12.1. The van der Waals surface area contributed by atoms with E-state index in [0.29, 0.717) is 23.6 Å². The Morgan fingerprint density at radius 1 is 1.56 bits per heavy atom. The van der Waals surface area contributed by atoms with Crippen LogP contribution in [-0.4, -0.2) is 19.5 Å². The highest BCUT2D eigenvalue weighted by molar-refractivity contribution is 9.10. The zero-order valence-corrected chi connectivity index (χ0v) is 11.6. The van der Waals surface area contributed by atoms with Gasteiger partial charge in [-0.15, -0.1) is 0 Å². The van der Waals surface area contributed by atoms with Crippen molar-refractivity contribution < 1.29 is 9.53 Å². The summed E-state index contributed by atoms with van der Waals surface area (Å²) in [5, 5.41) is 0.575. The van der Waals surface area contributed by atoms with E-state index in [4.69, 9.17) is 16.3 Å². The Morgan fingerprint density at radius 2 is 2.25 bits per heavy atom. The molecule has 0 saturated heterocycles. The Labute approximate surface area is 109 Å². The molecule has 1 aromatic rings. The quantitative estimate of drug-likeness (QED) is 0.770. The Balaban J connectivity index is 2.83. The first-order valence-corrected chi connectivity index (χ1v) is 6.21. The van der Waals surface area contributed by atoms with E-state index in [1.807, 2.05) is 6.92 Å². The van der Waals surface area contributed by atoms with E-state index in [-0.39, 0.29) is 11.7 Å². The number of halogens is 2. The van der Waals surface area contributed by atoms with Crippen LogP contribution in [0, 0.1) is 5.92 Å². The number of methoxy groups -OCH3 is 1. The summed E-state index contributed by atoms with van der Waals surface area (Å²) < 4.78 is 5.75. The lowest BCUT2D eigenvalue weighted by molar-refractivity contribution is 0.0893. The molecule has 1 aromatic carbocycles. The second kappa shape index (κ2) is 6.38. The predicted octanol–water partition coefficient (Wildman–Crippen LogP) is 3.96. The van der Waals surface area contributed by atoms with Crippen LogP contribution >= 0.6 is 27.5 Å². The Morgan fingerprint density at radius 3 is 2.88 bits per heavy atom. The summed E-state index contributed by atoms with van der Waals surface area (Å²) in [7, 11) is 1.63. The number of ether oxygens (including phenoxy) is 1. The monoisotopic (exact) mass is 304 g/mol. The number of hydrogen-bond donors (Lipinski definition) is 0. The van der Waals surface area contributed by atoms with Crippen molar-refractivity contribution >= 4 is 33.3 Å². The van der Waals surface area contributed by atoms with Crippen LogP contribution in [-0.2, 0) is 4.74 Å². The molecule has 1 unspecified atom stereocenters. The number of carbonyl (C=O) groups is 1. The highest BCUT2D eigenvalue weighted by atomic mass is 79.9. The van der Waals surface area contributed by atoms with Gasteiger partial charge in [-0.3, -0.25) is 4.79 Å². The van der Waals surface area contributed by atoms with Crippen LogP contribution in [0.1, 0.15) is 23.7 Å². The average Bonchev–Trinajstić information content (AvgIpc) is 2.28. The molecule has 0 aliphatic heterocycles. The smallest absolute Gasteiger partial charge is 0.166 e. The number of rotatable bonds is 5. The molecule has 88 valence electrons. The molecule has 0 amide bonds. The largest absolute Gasteiger partial charge is 0.385 e. The second-order valence-corrected chi connectivity index (χ2v) is 4.96. The molecule has 4 heteroatoms. The van der Waals surface area contributed by atoms with Crippen molar-refractivity contribution in [1.82, 2.24) is 0 Å². The van der Waals surface area contributed by atoms with E-state index in [2.05, 4.69) is 15.9 Å². The minimum Gasteiger partial charge on any atom is -0.385 e. The van der Waals surface area contributed by atoms with E-state index in [1.165, 1.54) is 0 Å². The summed E-state index contributed by atoms with van der Waals surface area (Å²) >= 11 is 9.23. The van der Waals surface area contributed by atoms with Crippen LogP contribution in [0.5, 0.6) is 0 Å². The van der Waals surface area contributed by atoms with Gasteiger partial charge in [0.2, 0.25) is 0 Å². The van der Waals surface area contributed by atoms with Gasteiger partial charge in [-0.2, -0.15) is 0 Å². The second-order valence-electron chi connectivity index (χ2n) is 3.67. The normalized spacial score (nSPS) is 12.5. The van der Waals surface area contributed by atoms with Crippen LogP contribution in [0.4, 0.5) is 0 Å². The van der Waals surface area contributed by atoms with Gasteiger partial charge in [-0.1, -0.05) is 34.5 Å². The number of benzene rings is 1. The van der Waals surface area contributed by atoms with Crippen molar-refractivity contribution in [3.8, 4) is 0 Å². The summed E-state index contributed by atoms with van der Waals surface area (Å²) in [6.07, 6.45) is 0.717. The molecule has 2 nitrogen and oxygen atoms in total. The molecular formula is C12H14BrClO2. The van der Waals surface area contributed by atoms with E-state index >= 15 is 0 Å². The van der Waals surface area contributed by atoms with E-state index in [0.717, 1.165) is 4.47 Å². The topological polar surface area (TPSA) is 26.3 Å². The summed E-state index contributed by atoms with van der Waals surface area (Å²) in [5.74, 6) is 0.0288. The Bertz CT molecular complexity index is 379. The maximum Gasteiger partial charge on any atom is 0.166 e.